The number of rotatable bonds is 8. The Labute approximate surface area is 124 Å². The van der Waals surface area contributed by atoms with Crippen LogP contribution in [0.2, 0.25) is 5.02 Å². The summed E-state index contributed by atoms with van der Waals surface area (Å²) in [5.74, 6) is -0.636. The number of hydrogen-bond donors (Lipinski definition) is 2. The number of amides is 1. The molecule has 1 unspecified atom stereocenters. The Morgan fingerprint density at radius 3 is 2.55 bits per heavy atom. The highest BCUT2D eigenvalue weighted by atomic mass is 35.5. The first kappa shape index (κ1) is 16.5. The molecule has 1 atom stereocenters. The predicted octanol–water partition coefficient (Wildman–Crippen LogP) is 2.89. The monoisotopic (exact) mass is 297 g/mol. The second-order valence-electron chi connectivity index (χ2n) is 4.99. The van der Waals surface area contributed by atoms with Gasteiger partial charge in [0.2, 0.25) is 5.91 Å². The molecule has 5 heteroatoms. The van der Waals surface area contributed by atoms with E-state index in [-0.39, 0.29) is 18.2 Å². The molecule has 2 N–H and O–H groups in total. The van der Waals surface area contributed by atoms with Crippen molar-refractivity contribution in [2.75, 3.05) is 6.54 Å². The van der Waals surface area contributed by atoms with E-state index in [2.05, 4.69) is 5.32 Å². The third-order valence-electron chi connectivity index (χ3n) is 2.92. The van der Waals surface area contributed by atoms with E-state index in [0.717, 1.165) is 12.0 Å². The number of aliphatic carboxylic acids is 1. The van der Waals surface area contributed by atoms with Crippen molar-refractivity contribution in [2.24, 2.45) is 5.92 Å². The van der Waals surface area contributed by atoms with Gasteiger partial charge in [-0.3, -0.25) is 9.59 Å². The molecule has 1 aromatic rings. The zero-order chi connectivity index (χ0) is 15.0. The summed E-state index contributed by atoms with van der Waals surface area (Å²) in [6.07, 6.45) is 1.81. The molecular weight excluding hydrogens is 278 g/mol. The van der Waals surface area contributed by atoms with E-state index >= 15 is 0 Å². The van der Waals surface area contributed by atoms with Crippen LogP contribution in [-0.4, -0.2) is 23.5 Å². The highest BCUT2D eigenvalue weighted by molar-refractivity contribution is 6.30. The lowest BCUT2D eigenvalue weighted by atomic mass is 9.98. The van der Waals surface area contributed by atoms with Crippen molar-refractivity contribution in [3.05, 3.63) is 34.9 Å². The quantitative estimate of drug-likeness (QED) is 0.725. The molecular formula is C15H20ClNO3. The standard InChI is InChI=1S/C15H20ClNO3/c1-11(9-12-4-6-13(16)7-5-12)10-14(18)17-8-2-3-15(19)20/h4-7,11H,2-3,8-10H2,1H3,(H,17,18)(H,19,20). The fourth-order valence-corrected chi connectivity index (χ4v) is 2.08. The van der Waals surface area contributed by atoms with Crippen molar-refractivity contribution in [1.29, 1.82) is 0 Å². The maximum atomic E-state index is 11.7. The summed E-state index contributed by atoms with van der Waals surface area (Å²) in [7, 11) is 0. The van der Waals surface area contributed by atoms with Crippen LogP contribution < -0.4 is 5.32 Å². The van der Waals surface area contributed by atoms with Gasteiger partial charge in [0.1, 0.15) is 0 Å². The maximum Gasteiger partial charge on any atom is 0.303 e. The van der Waals surface area contributed by atoms with Gasteiger partial charge < -0.3 is 10.4 Å². The Hall–Kier alpha value is -1.55. The number of halogens is 1. The Morgan fingerprint density at radius 2 is 1.95 bits per heavy atom. The molecule has 20 heavy (non-hydrogen) atoms. The second-order valence-corrected chi connectivity index (χ2v) is 5.42. The molecule has 0 aliphatic heterocycles. The van der Waals surface area contributed by atoms with Crippen LogP contribution in [-0.2, 0) is 16.0 Å². The molecule has 0 saturated heterocycles. The summed E-state index contributed by atoms with van der Waals surface area (Å²) in [6, 6.07) is 7.61. The highest BCUT2D eigenvalue weighted by Gasteiger charge is 2.09. The van der Waals surface area contributed by atoms with Crippen LogP contribution in [0, 0.1) is 5.92 Å². The topological polar surface area (TPSA) is 66.4 Å². The van der Waals surface area contributed by atoms with Gasteiger partial charge in [0.05, 0.1) is 0 Å². The number of hydrogen-bond acceptors (Lipinski definition) is 2. The smallest absolute Gasteiger partial charge is 0.303 e. The summed E-state index contributed by atoms with van der Waals surface area (Å²) in [4.78, 5) is 22.0. The maximum absolute atomic E-state index is 11.7. The molecule has 0 aliphatic rings. The van der Waals surface area contributed by atoms with E-state index in [0.29, 0.717) is 24.4 Å². The van der Waals surface area contributed by atoms with Gasteiger partial charge in [0.15, 0.2) is 0 Å². The highest BCUT2D eigenvalue weighted by Crippen LogP contribution is 2.15. The summed E-state index contributed by atoms with van der Waals surface area (Å²) < 4.78 is 0. The van der Waals surface area contributed by atoms with Crippen LogP contribution >= 0.6 is 11.6 Å². The first-order chi connectivity index (χ1) is 9.47. The van der Waals surface area contributed by atoms with Crippen LogP contribution in [0.4, 0.5) is 0 Å². The van der Waals surface area contributed by atoms with Crippen molar-refractivity contribution in [3.8, 4) is 0 Å². The minimum Gasteiger partial charge on any atom is -0.481 e. The first-order valence-electron chi connectivity index (χ1n) is 6.70. The summed E-state index contributed by atoms with van der Waals surface area (Å²) in [6.45, 7) is 2.43. The zero-order valence-corrected chi connectivity index (χ0v) is 12.3. The Balaban J connectivity index is 2.24. The predicted molar refractivity (Wildman–Crippen MR) is 78.8 cm³/mol. The number of carboxylic acids is 1. The zero-order valence-electron chi connectivity index (χ0n) is 11.6. The number of benzene rings is 1. The molecule has 0 aliphatic carbocycles. The van der Waals surface area contributed by atoms with Gasteiger partial charge in [-0.1, -0.05) is 30.7 Å². The van der Waals surface area contributed by atoms with Gasteiger partial charge in [0.25, 0.3) is 0 Å². The van der Waals surface area contributed by atoms with E-state index in [1.807, 2.05) is 31.2 Å². The lowest BCUT2D eigenvalue weighted by Gasteiger charge is -2.11. The number of carbonyl (C=O) groups excluding carboxylic acids is 1. The van der Waals surface area contributed by atoms with Crippen molar-refractivity contribution in [2.45, 2.75) is 32.6 Å². The van der Waals surface area contributed by atoms with Crippen molar-refractivity contribution >= 4 is 23.5 Å². The Bertz CT molecular complexity index is 445. The lowest BCUT2D eigenvalue weighted by molar-refractivity contribution is -0.137. The Morgan fingerprint density at radius 1 is 1.30 bits per heavy atom. The van der Waals surface area contributed by atoms with Crippen molar-refractivity contribution in [3.63, 3.8) is 0 Å². The van der Waals surface area contributed by atoms with Gasteiger partial charge in [0, 0.05) is 24.4 Å². The van der Waals surface area contributed by atoms with E-state index < -0.39 is 5.97 Å². The normalized spacial score (nSPS) is 11.9. The molecule has 0 heterocycles. The molecule has 0 aromatic heterocycles. The van der Waals surface area contributed by atoms with Crippen LogP contribution in [0.3, 0.4) is 0 Å². The first-order valence-corrected chi connectivity index (χ1v) is 7.08. The molecule has 4 nitrogen and oxygen atoms in total. The molecule has 1 aromatic carbocycles. The molecule has 0 spiro atoms. The fourth-order valence-electron chi connectivity index (χ4n) is 1.95. The van der Waals surface area contributed by atoms with Crippen LogP contribution in [0.1, 0.15) is 31.7 Å². The average molecular weight is 298 g/mol. The van der Waals surface area contributed by atoms with Gasteiger partial charge in [-0.2, -0.15) is 0 Å². The van der Waals surface area contributed by atoms with Gasteiger partial charge >= 0.3 is 5.97 Å². The second kappa shape index (κ2) is 8.59. The molecule has 0 saturated carbocycles. The van der Waals surface area contributed by atoms with Crippen molar-refractivity contribution < 1.29 is 14.7 Å². The van der Waals surface area contributed by atoms with E-state index in [9.17, 15) is 9.59 Å². The van der Waals surface area contributed by atoms with Crippen LogP contribution in [0.5, 0.6) is 0 Å². The van der Waals surface area contributed by atoms with Crippen molar-refractivity contribution in [1.82, 2.24) is 5.32 Å². The fraction of sp³-hybridized carbons (Fsp3) is 0.467. The number of carbonyl (C=O) groups is 2. The third kappa shape index (κ3) is 7.14. The van der Waals surface area contributed by atoms with Gasteiger partial charge in [-0.05, 0) is 36.5 Å². The van der Waals surface area contributed by atoms with E-state index in [1.54, 1.807) is 0 Å². The SMILES string of the molecule is CC(CC(=O)NCCCC(=O)O)Cc1ccc(Cl)cc1. The average Bonchev–Trinajstić information content (AvgIpc) is 2.37. The van der Waals surface area contributed by atoms with E-state index in [4.69, 9.17) is 16.7 Å². The van der Waals surface area contributed by atoms with E-state index in [1.165, 1.54) is 0 Å². The van der Waals surface area contributed by atoms with Crippen LogP contribution in [0.15, 0.2) is 24.3 Å². The molecule has 0 radical (unpaired) electrons. The number of nitrogens with one attached hydrogen (secondary N) is 1. The third-order valence-corrected chi connectivity index (χ3v) is 3.17. The summed E-state index contributed by atoms with van der Waals surface area (Å²) in [5, 5.41) is 11.9. The minimum absolute atomic E-state index is 0.0307. The summed E-state index contributed by atoms with van der Waals surface area (Å²) >= 11 is 5.82. The minimum atomic E-state index is -0.838. The number of carboxylic acid groups (broad SMARTS) is 1. The largest absolute Gasteiger partial charge is 0.481 e. The van der Waals surface area contributed by atoms with Crippen LogP contribution in [0.25, 0.3) is 0 Å². The molecule has 1 rings (SSSR count). The van der Waals surface area contributed by atoms with Gasteiger partial charge in [-0.15, -0.1) is 0 Å². The summed E-state index contributed by atoms with van der Waals surface area (Å²) in [5.41, 5.74) is 1.15. The molecule has 0 bridgehead atoms. The van der Waals surface area contributed by atoms with Gasteiger partial charge in [-0.25, -0.2) is 0 Å². The lowest BCUT2D eigenvalue weighted by Crippen LogP contribution is -2.26. The molecule has 110 valence electrons. The molecule has 0 fully saturated rings. The molecule has 1 amide bonds. The Kier molecular flexibility index (Phi) is 7.09.